The lowest BCUT2D eigenvalue weighted by atomic mass is 9.80. The molecule has 3 heterocycles. The van der Waals surface area contributed by atoms with Crippen LogP contribution < -0.4 is 24.9 Å². The quantitative estimate of drug-likeness (QED) is 0.442. The number of ether oxygens (including phenoxy) is 1. The zero-order valence-electron chi connectivity index (χ0n) is 19.6. The number of thiazole rings is 1. The predicted octanol–water partition coefficient (Wildman–Crippen LogP) is 4.29. The maximum absolute atomic E-state index is 13.8. The molecule has 0 spiro atoms. The van der Waals surface area contributed by atoms with E-state index >= 15 is 0 Å². The van der Waals surface area contributed by atoms with Crippen LogP contribution in [0.2, 0.25) is 5.02 Å². The van der Waals surface area contributed by atoms with Crippen molar-refractivity contribution in [2.75, 3.05) is 5.32 Å². The van der Waals surface area contributed by atoms with Crippen molar-refractivity contribution in [1.29, 1.82) is 0 Å². The summed E-state index contributed by atoms with van der Waals surface area (Å²) in [6.45, 7) is 3.75. The molecule has 2 aliphatic heterocycles. The minimum atomic E-state index is -1.19. The minimum Gasteiger partial charge on any atom is -0.465 e. The summed E-state index contributed by atoms with van der Waals surface area (Å²) < 4.78 is 8.50. The lowest BCUT2D eigenvalue weighted by molar-refractivity contribution is -0.131. The van der Waals surface area contributed by atoms with Gasteiger partial charge in [-0.25, -0.2) is 4.99 Å². The molecule has 0 unspecified atom stereocenters. The number of hydrogen-bond acceptors (Lipinski definition) is 5. The number of hydrogen-bond donors (Lipinski definition) is 1. The summed E-state index contributed by atoms with van der Waals surface area (Å²) in [5.41, 5.74) is 1.78. The van der Waals surface area contributed by atoms with Crippen molar-refractivity contribution in [1.82, 2.24) is 4.57 Å². The van der Waals surface area contributed by atoms with E-state index in [2.05, 4.69) is 5.32 Å². The van der Waals surface area contributed by atoms with E-state index in [1.807, 2.05) is 80.6 Å². The fraction of sp³-hybridized carbons (Fsp3) is 0.179. The monoisotopic (exact) mass is 515 g/mol. The maximum atomic E-state index is 13.8. The first-order valence-corrected chi connectivity index (χ1v) is 12.8. The molecular weight excluding hydrogens is 494 g/mol. The Bertz CT molecular complexity index is 1710. The number of aryl methyl sites for hydroxylation is 1. The molecule has 4 aromatic rings. The second-order valence-electron chi connectivity index (χ2n) is 9.12. The van der Waals surface area contributed by atoms with Crippen molar-refractivity contribution >= 4 is 40.6 Å². The van der Waals surface area contributed by atoms with Crippen molar-refractivity contribution < 1.29 is 9.53 Å². The smallest absolute Gasteiger partial charge is 0.270 e. The number of nitrogens with one attached hydrogen (secondary N) is 1. The fourth-order valence-electron chi connectivity index (χ4n) is 5.00. The fourth-order valence-corrected chi connectivity index (χ4v) is 6.28. The Morgan fingerprint density at radius 3 is 2.64 bits per heavy atom. The first-order chi connectivity index (χ1) is 17.4. The van der Waals surface area contributed by atoms with Crippen LogP contribution in [0.3, 0.4) is 0 Å². The number of aromatic nitrogens is 1. The standard InChI is InChI=1S/C28H22ClN3O3S/c1-16-9-3-7-13-20(16)30-25(33)23-24-18-11-5-8-14-21(18)35-28(23,2)31-27-32(24)26(34)22(36-27)15-17-10-4-6-12-19(17)29/h3-15,23-24H,1-2H3,(H,30,33)/b22-15+/t23-,24+,28+/m0/s1. The van der Waals surface area contributed by atoms with E-state index in [0.717, 1.165) is 16.7 Å². The largest absolute Gasteiger partial charge is 0.465 e. The number of benzene rings is 3. The summed E-state index contributed by atoms with van der Waals surface area (Å²) in [5, 5.41) is 3.61. The molecule has 2 aliphatic rings. The van der Waals surface area contributed by atoms with E-state index in [9.17, 15) is 9.59 Å². The van der Waals surface area contributed by atoms with E-state index < -0.39 is 17.7 Å². The SMILES string of the molecule is Cc1ccccc1NC(=O)[C@@H]1[C@H]2c3ccccc3O[C@@]1(C)N=c1s/c(=C/c3ccccc3Cl)c(=O)n12. The second-order valence-corrected chi connectivity index (χ2v) is 10.5. The van der Waals surface area contributed by atoms with Gasteiger partial charge in [-0.15, -0.1) is 0 Å². The number of para-hydroxylation sites is 2. The lowest BCUT2D eigenvalue weighted by Crippen LogP contribution is -2.59. The Balaban J connectivity index is 1.55. The van der Waals surface area contributed by atoms with Crippen molar-refractivity contribution in [2.45, 2.75) is 25.6 Å². The molecule has 3 aromatic carbocycles. The molecule has 1 aromatic heterocycles. The van der Waals surface area contributed by atoms with Gasteiger partial charge in [0.1, 0.15) is 11.7 Å². The summed E-state index contributed by atoms with van der Waals surface area (Å²) in [5.74, 6) is -0.399. The Morgan fingerprint density at radius 2 is 1.83 bits per heavy atom. The number of rotatable bonds is 3. The molecule has 36 heavy (non-hydrogen) atoms. The van der Waals surface area contributed by atoms with E-state index in [1.165, 1.54) is 11.3 Å². The third-order valence-electron chi connectivity index (χ3n) is 6.76. The summed E-state index contributed by atoms with van der Waals surface area (Å²) in [7, 11) is 0. The van der Waals surface area contributed by atoms with E-state index in [-0.39, 0.29) is 11.5 Å². The highest BCUT2D eigenvalue weighted by molar-refractivity contribution is 7.07. The molecule has 6 rings (SSSR count). The molecule has 180 valence electrons. The van der Waals surface area contributed by atoms with Crippen LogP contribution in [0.4, 0.5) is 5.69 Å². The molecule has 2 bridgehead atoms. The van der Waals surface area contributed by atoms with Gasteiger partial charge in [0.2, 0.25) is 11.6 Å². The number of anilines is 1. The zero-order valence-corrected chi connectivity index (χ0v) is 21.1. The summed E-state index contributed by atoms with van der Waals surface area (Å²) >= 11 is 7.63. The average molecular weight is 516 g/mol. The molecule has 0 aliphatic carbocycles. The molecule has 0 fully saturated rings. The number of fused-ring (bicyclic) bond motifs is 6. The molecule has 1 amide bonds. The van der Waals surface area contributed by atoms with Gasteiger partial charge >= 0.3 is 0 Å². The van der Waals surface area contributed by atoms with Crippen molar-refractivity contribution in [3.05, 3.63) is 114 Å². The summed E-state index contributed by atoms with van der Waals surface area (Å²) in [6.07, 6.45) is 1.78. The van der Waals surface area contributed by atoms with Crippen LogP contribution in [-0.4, -0.2) is 16.2 Å². The highest BCUT2D eigenvalue weighted by Gasteiger charge is 2.55. The van der Waals surface area contributed by atoms with E-state index in [4.69, 9.17) is 21.3 Å². The second kappa shape index (κ2) is 8.47. The molecule has 3 atom stereocenters. The molecule has 8 heteroatoms. The summed E-state index contributed by atoms with van der Waals surface area (Å²) in [4.78, 5) is 33.0. The predicted molar refractivity (Wildman–Crippen MR) is 141 cm³/mol. The van der Waals surface area contributed by atoms with Crippen LogP contribution in [0.1, 0.15) is 29.7 Å². The van der Waals surface area contributed by atoms with Gasteiger partial charge in [-0.2, -0.15) is 0 Å². The Labute approximate surface area is 216 Å². The third-order valence-corrected chi connectivity index (χ3v) is 8.08. The molecule has 0 radical (unpaired) electrons. The van der Waals surface area contributed by atoms with E-state index in [1.54, 1.807) is 16.7 Å². The number of carbonyl (C=O) groups excluding carboxylic acids is 1. The van der Waals surface area contributed by atoms with Gasteiger partial charge in [0.25, 0.3) is 5.56 Å². The lowest BCUT2D eigenvalue weighted by Gasteiger charge is -2.45. The molecule has 0 saturated carbocycles. The first-order valence-electron chi connectivity index (χ1n) is 11.6. The molecule has 1 N–H and O–H groups in total. The van der Waals surface area contributed by atoms with Gasteiger partial charge in [0.15, 0.2) is 4.80 Å². The third kappa shape index (κ3) is 3.58. The van der Waals surface area contributed by atoms with Crippen molar-refractivity contribution in [2.24, 2.45) is 10.9 Å². The van der Waals surface area contributed by atoms with Crippen LogP contribution in [-0.2, 0) is 4.79 Å². The highest BCUT2D eigenvalue weighted by atomic mass is 35.5. The van der Waals surface area contributed by atoms with Crippen LogP contribution in [0.15, 0.2) is 82.6 Å². The highest BCUT2D eigenvalue weighted by Crippen LogP contribution is 2.47. The van der Waals surface area contributed by atoms with Crippen molar-refractivity contribution in [3.63, 3.8) is 0 Å². The van der Waals surface area contributed by atoms with Gasteiger partial charge < -0.3 is 10.1 Å². The van der Waals surface area contributed by atoms with Gasteiger partial charge in [-0.05, 0) is 49.2 Å². The summed E-state index contributed by atoms with van der Waals surface area (Å²) in [6, 6.07) is 21.9. The normalized spacial score (nSPS) is 22.1. The minimum absolute atomic E-state index is 0.212. The van der Waals surface area contributed by atoms with Crippen molar-refractivity contribution in [3.8, 4) is 5.75 Å². The average Bonchev–Trinajstić information content (AvgIpc) is 3.14. The van der Waals surface area contributed by atoms with Crippen LogP contribution in [0, 0.1) is 12.8 Å². The number of carbonyl (C=O) groups is 1. The Morgan fingerprint density at radius 1 is 1.11 bits per heavy atom. The number of nitrogens with zero attached hydrogens (tertiary/aromatic N) is 2. The molecule has 0 saturated heterocycles. The maximum Gasteiger partial charge on any atom is 0.270 e. The van der Waals surface area contributed by atoms with Crippen LogP contribution in [0.5, 0.6) is 5.75 Å². The van der Waals surface area contributed by atoms with Crippen LogP contribution in [0.25, 0.3) is 6.08 Å². The Hall–Kier alpha value is -3.68. The first kappa shape index (κ1) is 22.8. The molecular formula is C28H22ClN3O3S. The zero-order chi connectivity index (χ0) is 25.0. The Kier molecular flexibility index (Phi) is 5.35. The van der Waals surface area contributed by atoms with Crippen LogP contribution >= 0.6 is 22.9 Å². The van der Waals surface area contributed by atoms with Gasteiger partial charge in [-0.3, -0.25) is 14.2 Å². The topological polar surface area (TPSA) is 72.7 Å². The van der Waals surface area contributed by atoms with E-state index in [0.29, 0.717) is 25.8 Å². The van der Waals surface area contributed by atoms with Gasteiger partial charge in [0.05, 0.1) is 10.6 Å². The number of halogens is 1. The van der Waals surface area contributed by atoms with Gasteiger partial charge in [0, 0.05) is 16.3 Å². The molecule has 6 nitrogen and oxygen atoms in total. The number of amides is 1. The van der Waals surface area contributed by atoms with Gasteiger partial charge in [-0.1, -0.05) is 77.5 Å².